The fourth-order valence-corrected chi connectivity index (χ4v) is 13.2. The number of allylic oxidation sites excluding steroid dienone is 2. The minimum absolute atomic E-state index is 0.00336. The fraction of sp³-hybridized carbons (Fsp3) is 0.595. The number of aromatic nitrogens is 1. The maximum absolute atomic E-state index is 15.2. The fourth-order valence-electron chi connectivity index (χ4n) is 13.2. The molecule has 7 amide bonds. The van der Waals surface area contributed by atoms with Gasteiger partial charge in [0.1, 0.15) is 17.4 Å². The first-order valence-corrected chi connectivity index (χ1v) is 38.0. The average molecular weight is 1520 g/mol. The zero-order valence-corrected chi connectivity index (χ0v) is 64.3. The van der Waals surface area contributed by atoms with Crippen LogP contribution in [-0.4, -0.2) is 175 Å². The van der Waals surface area contributed by atoms with E-state index in [1.165, 1.54) is 65.8 Å². The number of carboxylic acid groups (broad SMARTS) is 2. The summed E-state index contributed by atoms with van der Waals surface area (Å²) in [5.41, 5.74) is 14.9. The van der Waals surface area contributed by atoms with Crippen molar-refractivity contribution in [2.75, 3.05) is 13.1 Å². The number of nitrogens with two attached hydrogens (primary N) is 2. The van der Waals surface area contributed by atoms with Crippen molar-refractivity contribution < 1.29 is 86.9 Å². The highest BCUT2D eigenvalue weighted by Crippen LogP contribution is 2.33. The number of aromatic carboxylic acids is 1. The maximum atomic E-state index is 15.2. The number of primary amides is 2. The van der Waals surface area contributed by atoms with E-state index in [1.54, 1.807) is 44.3 Å². The molecule has 1 aliphatic carbocycles. The van der Waals surface area contributed by atoms with E-state index in [2.05, 4.69) is 53.1 Å². The van der Waals surface area contributed by atoms with Gasteiger partial charge in [0, 0.05) is 61.2 Å². The van der Waals surface area contributed by atoms with Crippen molar-refractivity contribution in [1.29, 1.82) is 0 Å². The summed E-state index contributed by atoms with van der Waals surface area (Å²) >= 11 is 0. The number of fused-ring (bicyclic) bond motifs is 1. The van der Waals surface area contributed by atoms with E-state index in [-0.39, 0.29) is 87.0 Å². The maximum Gasteiger partial charge on any atom is 0.335 e. The van der Waals surface area contributed by atoms with Crippen LogP contribution in [0.15, 0.2) is 66.9 Å². The van der Waals surface area contributed by atoms with Crippen LogP contribution in [0.1, 0.15) is 212 Å². The first-order valence-electron chi connectivity index (χ1n) is 38.0. The van der Waals surface area contributed by atoms with Crippen molar-refractivity contribution in [3.05, 3.63) is 83.6 Å². The molecule has 5 rings (SSSR count). The SMILES string of the molecule is CCC(C)[C@H](NNC(C)C(=O)C(=O)C(C)NC(=O)[C@]1(C)CCC/C=C/CCCCCC[C@@](C)(NCC(C)=O)C(=O)N[C@@H](CCC(=O)O)C(=O)N[C@@H](Cc2ccc(C(=O)O)cc2)C(=O)C[C@@H](Cc2c[nH]c3ccccc23)C(=O)NC(C)C(=O)C(=O)[C@H](CCC(N)=O)NC[C@@H](CC2CCC2)C(=O)N1)C(=O)C[C@H](C)C(N)=O. The van der Waals surface area contributed by atoms with Crippen LogP contribution in [0.3, 0.4) is 0 Å². The number of hydrogen-bond donors (Lipinski definition) is 14. The van der Waals surface area contributed by atoms with Gasteiger partial charge in [0.05, 0.1) is 59.8 Å². The number of carbonyl (C=O) groups excluding carboxylic acids is 14. The summed E-state index contributed by atoms with van der Waals surface area (Å²) in [4.78, 5) is 224. The Bertz CT molecular complexity index is 3780. The number of para-hydroxylation sites is 1. The second-order valence-electron chi connectivity index (χ2n) is 30.1. The lowest BCUT2D eigenvalue weighted by molar-refractivity contribution is -0.141. The van der Waals surface area contributed by atoms with Gasteiger partial charge in [-0.25, -0.2) is 15.6 Å². The molecular formula is C79H114N12O18. The third-order valence-electron chi connectivity index (χ3n) is 20.9. The molecule has 1 aromatic heterocycles. The lowest BCUT2D eigenvalue weighted by atomic mass is 9.78. The molecule has 2 aliphatic rings. The zero-order valence-electron chi connectivity index (χ0n) is 64.3. The van der Waals surface area contributed by atoms with Gasteiger partial charge in [0.15, 0.2) is 11.6 Å². The second kappa shape index (κ2) is 43.6. The number of hydrogen-bond acceptors (Lipinski definition) is 20. The molecule has 0 bridgehead atoms. The number of benzene rings is 2. The normalized spacial score (nSPS) is 24.4. The number of aromatic amines is 1. The van der Waals surface area contributed by atoms with Crippen LogP contribution in [0.5, 0.6) is 0 Å². The number of ketones is 7. The number of carboxylic acids is 2. The van der Waals surface area contributed by atoms with Crippen molar-refractivity contribution in [3.63, 3.8) is 0 Å². The minimum Gasteiger partial charge on any atom is -0.481 e. The Morgan fingerprint density at radius 1 is 0.679 bits per heavy atom. The van der Waals surface area contributed by atoms with Crippen LogP contribution in [0.25, 0.3) is 10.9 Å². The van der Waals surface area contributed by atoms with Gasteiger partial charge in [-0.3, -0.25) is 77.2 Å². The highest BCUT2D eigenvalue weighted by atomic mass is 16.4. The second-order valence-corrected chi connectivity index (χ2v) is 30.1. The summed E-state index contributed by atoms with van der Waals surface area (Å²) < 4.78 is 0. The van der Waals surface area contributed by atoms with Gasteiger partial charge in [-0.15, -0.1) is 0 Å². The topological polar surface area (TPSA) is 490 Å². The Labute approximate surface area is 636 Å². The molecule has 2 heterocycles. The first kappa shape index (κ1) is 90.1. The Hall–Kier alpha value is -9.52. The molecule has 0 spiro atoms. The van der Waals surface area contributed by atoms with Crippen LogP contribution in [0.4, 0.5) is 0 Å². The molecule has 2 aromatic carbocycles. The Kier molecular flexibility index (Phi) is 36.1. The van der Waals surface area contributed by atoms with Crippen LogP contribution in [0.2, 0.25) is 0 Å². The van der Waals surface area contributed by atoms with Crippen molar-refractivity contribution in [2.24, 2.45) is 41.1 Å². The predicted octanol–water partition coefficient (Wildman–Crippen LogP) is 4.25. The summed E-state index contributed by atoms with van der Waals surface area (Å²) in [6.45, 7) is 13.0. The van der Waals surface area contributed by atoms with Crippen LogP contribution >= 0.6 is 0 Å². The number of amides is 7. The number of aliphatic carboxylic acids is 1. The third-order valence-corrected chi connectivity index (χ3v) is 20.9. The zero-order chi connectivity index (χ0) is 80.9. The monoisotopic (exact) mass is 1520 g/mol. The quantitative estimate of drug-likeness (QED) is 0.0252. The van der Waals surface area contributed by atoms with E-state index in [4.69, 9.17) is 11.5 Å². The van der Waals surface area contributed by atoms with E-state index in [0.717, 1.165) is 19.3 Å². The van der Waals surface area contributed by atoms with Crippen molar-refractivity contribution >= 4 is 105 Å². The summed E-state index contributed by atoms with van der Waals surface area (Å²) in [6.07, 6.45) is 9.49. The summed E-state index contributed by atoms with van der Waals surface area (Å²) in [5, 5.41) is 40.0. The number of H-pyrrole nitrogens is 1. The largest absolute Gasteiger partial charge is 0.481 e. The number of rotatable bonds is 30. The minimum atomic E-state index is -1.76. The number of nitrogens with one attached hydrogen (secondary N) is 10. The molecule has 109 heavy (non-hydrogen) atoms. The highest BCUT2D eigenvalue weighted by molar-refractivity contribution is 6.41. The Morgan fingerprint density at radius 2 is 1.33 bits per heavy atom. The molecule has 4 unspecified atom stereocenters. The molecule has 30 nitrogen and oxygen atoms in total. The molecule has 30 heteroatoms. The van der Waals surface area contributed by atoms with Crippen LogP contribution in [-0.2, 0) is 84.8 Å². The summed E-state index contributed by atoms with van der Waals surface area (Å²) in [5.74, 6) is -17.1. The molecule has 1 fully saturated rings. The lowest BCUT2D eigenvalue weighted by Gasteiger charge is -2.35. The molecular weight excluding hydrogens is 1400 g/mol. The van der Waals surface area contributed by atoms with Gasteiger partial charge in [-0.1, -0.05) is 108 Å². The molecule has 598 valence electrons. The van der Waals surface area contributed by atoms with E-state index >= 15 is 9.59 Å². The number of hydrazine groups is 1. The number of carbonyl (C=O) groups is 16. The van der Waals surface area contributed by atoms with E-state index < -0.39 is 179 Å². The van der Waals surface area contributed by atoms with Crippen LogP contribution in [0, 0.1) is 29.6 Å². The summed E-state index contributed by atoms with van der Waals surface area (Å²) in [6, 6.07) is 2.75. The lowest BCUT2D eigenvalue weighted by Crippen LogP contribution is -2.62. The van der Waals surface area contributed by atoms with E-state index in [0.29, 0.717) is 73.4 Å². The van der Waals surface area contributed by atoms with Crippen molar-refractivity contribution in [1.82, 2.24) is 53.1 Å². The molecule has 1 aliphatic heterocycles. The summed E-state index contributed by atoms with van der Waals surface area (Å²) in [7, 11) is 0. The van der Waals surface area contributed by atoms with Crippen molar-refractivity contribution in [3.8, 4) is 0 Å². The van der Waals surface area contributed by atoms with Gasteiger partial charge in [0.25, 0.3) is 0 Å². The van der Waals surface area contributed by atoms with Crippen LogP contribution < -0.4 is 59.5 Å². The molecule has 0 radical (unpaired) electrons. The molecule has 16 N–H and O–H groups in total. The Balaban J connectivity index is 1.54. The van der Waals surface area contributed by atoms with Gasteiger partial charge >= 0.3 is 11.9 Å². The molecule has 1 saturated carbocycles. The molecule has 3 aromatic rings. The molecule has 13 atom stereocenters. The van der Waals surface area contributed by atoms with Gasteiger partial charge < -0.3 is 58.6 Å². The molecule has 0 saturated heterocycles. The first-order chi connectivity index (χ1) is 51.5. The van der Waals surface area contributed by atoms with Gasteiger partial charge in [-0.05, 0) is 153 Å². The Morgan fingerprint density at radius 3 is 1.95 bits per heavy atom. The van der Waals surface area contributed by atoms with Gasteiger partial charge in [-0.2, -0.15) is 0 Å². The smallest absolute Gasteiger partial charge is 0.335 e. The van der Waals surface area contributed by atoms with Crippen molar-refractivity contribution in [2.45, 2.75) is 257 Å². The standard InChI is InChI=1S/C79H114N12O18/c1-10-45(2)66(63(94)37-46(3)71(81)102)91-90-50(7)69(100)67(98)49(6)86-77(109)79(9)36-21-17-15-13-11-12-14-16-20-35-78(8,84-42-47(4)92)76(108)88-60(32-34-65(96)97)74(105)87-61(39-52-27-29-53(30-28-52)75(106)107)62(93)41-54(40-55-43-82-58-26-19-18-25-57(55)58)72(103)85-48(5)68(99)70(101)59(31-33-64(80)95)83-44-56(73(104)89-79)38-51-23-22-24-51/h13,15,18-19,25-30,43,45-46,48-51,54,56,59-61,66,82-84,90-91H,10-12,14,16-17,20-24,31-42,44H2,1-9H3,(H2,80,95)(H2,81,102)(H,85,103)(H,86,109)(H,87,105)(H,88,108)(H,89,104)(H,96,97)(H,106,107)/b15-13+/t45?,46-,48?,49?,50?,54+,56+,59-,60-,61-,66-,78+,79-/m0/s1. The van der Waals surface area contributed by atoms with E-state index in [1.807, 2.05) is 19.1 Å². The van der Waals surface area contributed by atoms with Gasteiger partial charge in [0.2, 0.25) is 64.5 Å². The predicted molar refractivity (Wildman–Crippen MR) is 405 cm³/mol. The number of Topliss-reactive ketones (excluding diaryl/α,β-unsaturated/α-hetero) is 7. The average Bonchev–Trinajstić information content (AvgIpc) is 1.80. The van der Waals surface area contributed by atoms with E-state index in [9.17, 15) is 77.3 Å². The third kappa shape index (κ3) is 28.5. The highest BCUT2D eigenvalue weighted by Gasteiger charge is 2.42.